The van der Waals surface area contributed by atoms with Crippen molar-refractivity contribution in [2.24, 2.45) is 5.73 Å². The maximum absolute atomic E-state index is 13.2. The van der Waals surface area contributed by atoms with Gasteiger partial charge in [0.2, 0.25) is 0 Å². The van der Waals surface area contributed by atoms with Gasteiger partial charge >= 0.3 is 0 Å². The Kier molecular flexibility index (Phi) is 3.41. The number of nitrogens with zero attached hydrogens (tertiary/aromatic N) is 1. The summed E-state index contributed by atoms with van der Waals surface area (Å²) >= 11 is 0. The highest BCUT2D eigenvalue weighted by Crippen LogP contribution is 2.26. The maximum atomic E-state index is 13.2. The average Bonchev–Trinajstić information content (AvgIpc) is 2.30. The fraction of sp³-hybridized carbons (Fsp3) is 0.500. The topological polar surface area (TPSA) is 38.5 Å². The normalized spacial score (nSPS) is 18.6. The maximum Gasteiger partial charge on any atom is 0.123 e. The number of ether oxygens (including phenoxy) is 1. The molecule has 3 nitrogen and oxygen atoms in total. The third-order valence-electron chi connectivity index (χ3n) is 2.83. The molecule has 0 saturated carbocycles. The Labute approximate surface area is 95.0 Å². The number of halogens is 1. The quantitative estimate of drug-likeness (QED) is 0.830. The fourth-order valence-electron chi connectivity index (χ4n) is 1.98. The highest BCUT2D eigenvalue weighted by Gasteiger charge is 2.16. The molecule has 2 rings (SSSR count). The van der Waals surface area contributed by atoms with Crippen molar-refractivity contribution in [2.75, 3.05) is 31.2 Å². The Bertz CT molecular complexity index is 362. The van der Waals surface area contributed by atoms with Crippen LogP contribution in [0.1, 0.15) is 18.5 Å². The molecule has 0 spiro atoms. The molecule has 2 N–H and O–H groups in total. The van der Waals surface area contributed by atoms with Gasteiger partial charge in [-0.1, -0.05) is 0 Å². The standard InChI is InChI=1S/C12H17FN2O/c1-9(14)11-8-10(13)2-3-12(11)15-4-6-16-7-5-15/h2-3,8-9H,4-7,14H2,1H3/t9-/m0/s1. The lowest BCUT2D eigenvalue weighted by Crippen LogP contribution is -2.37. The molecule has 0 unspecified atom stereocenters. The van der Waals surface area contributed by atoms with Crippen molar-refractivity contribution >= 4 is 5.69 Å². The highest BCUT2D eigenvalue weighted by molar-refractivity contribution is 5.55. The smallest absolute Gasteiger partial charge is 0.123 e. The summed E-state index contributed by atoms with van der Waals surface area (Å²) in [6.07, 6.45) is 0. The van der Waals surface area contributed by atoms with Crippen LogP contribution >= 0.6 is 0 Å². The van der Waals surface area contributed by atoms with E-state index in [1.54, 1.807) is 6.07 Å². The van der Waals surface area contributed by atoms with E-state index in [0.29, 0.717) is 0 Å². The van der Waals surface area contributed by atoms with Crippen LogP contribution in [0.2, 0.25) is 0 Å². The van der Waals surface area contributed by atoms with E-state index in [1.807, 2.05) is 6.92 Å². The summed E-state index contributed by atoms with van der Waals surface area (Å²) in [6, 6.07) is 4.65. The van der Waals surface area contributed by atoms with Crippen molar-refractivity contribution in [1.82, 2.24) is 0 Å². The number of hydrogen-bond acceptors (Lipinski definition) is 3. The molecule has 1 aromatic carbocycles. The lowest BCUT2D eigenvalue weighted by atomic mass is 10.1. The minimum absolute atomic E-state index is 0.159. The Balaban J connectivity index is 2.31. The van der Waals surface area contributed by atoms with Crippen LogP contribution in [0.3, 0.4) is 0 Å². The molecule has 1 atom stereocenters. The molecule has 0 bridgehead atoms. The second-order valence-electron chi connectivity index (χ2n) is 4.09. The zero-order valence-corrected chi connectivity index (χ0v) is 9.45. The highest BCUT2D eigenvalue weighted by atomic mass is 19.1. The first-order valence-corrected chi connectivity index (χ1v) is 5.56. The van der Waals surface area contributed by atoms with E-state index in [4.69, 9.17) is 10.5 Å². The molecule has 0 amide bonds. The minimum atomic E-state index is -0.232. The van der Waals surface area contributed by atoms with Crippen LogP contribution < -0.4 is 10.6 Å². The lowest BCUT2D eigenvalue weighted by molar-refractivity contribution is 0.122. The van der Waals surface area contributed by atoms with Gasteiger partial charge in [-0.3, -0.25) is 0 Å². The summed E-state index contributed by atoms with van der Waals surface area (Å²) in [5.41, 5.74) is 7.76. The van der Waals surface area contributed by atoms with E-state index in [-0.39, 0.29) is 11.9 Å². The van der Waals surface area contributed by atoms with Crippen LogP contribution in [-0.2, 0) is 4.74 Å². The average molecular weight is 224 g/mol. The summed E-state index contributed by atoms with van der Waals surface area (Å²) in [5.74, 6) is -0.232. The van der Waals surface area contributed by atoms with Gasteiger partial charge in [0, 0.05) is 24.8 Å². The summed E-state index contributed by atoms with van der Waals surface area (Å²) < 4.78 is 18.5. The first kappa shape index (κ1) is 11.4. The zero-order valence-electron chi connectivity index (χ0n) is 9.45. The second-order valence-corrected chi connectivity index (χ2v) is 4.09. The van der Waals surface area contributed by atoms with Gasteiger partial charge in [-0.25, -0.2) is 4.39 Å². The molecular weight excluding hydrogens is 207 g/mol. The van der Waals surface area contributed by atoms with E-state index >= 15 is 0 Å². The predicted molar refractivity (Wildman–Crippen MR) is 62.0 cm³/mol. The van der Waals surface area contributed by atoms with E-state index in [2.05, 4.69) is 4.90 Å². The monoisotopic (exact) mass is 224 g/mol. The number of nitrogens with two attached hydrogens (primary N) is 1. The zero-order chi connectivity index (χ0) is 11.5. The molecule has 1 fully saturated rings. The van der Waals surface area contributed by atoms with E-state index in [9.17, 15) is 4.39 Å². The van der Waals surface area contributed by atoms with Crippen LogP contribution in [0.25, 0.3) is 0 Å². The Morgan fingerprint density at radius 1 is 1.38 bits per heavy atom. The number of rotatable bonds is 2. The van der Waals surface area contributed by atoms with Crippen LogP contribution in [0, 0.1) is 5.82 Å². The van der Waals surface area contributed by atoms with E-state index in [0.717, 1.165) is 37.6 Å². The number of benzene rings is 1. The van der Waals surface area contributed by atoms with Gasteiger partial charge in [0.25, 0.3) is 0 Å². The van der Waals surface area contributed by atoms with Gasteiger partial charge in [-0.15, -0.1) is 0 Å². The Hall–Kier alpha value is -1.13. The SMILES string of the molecule is C[C@H](N)c1cc(F)ccc1N1CCOCC1. The Morgan fingerprint density at radius 2 is 2.06 bits per heavy atom. The molecule has 16 heavy (non-hydrogen) atoms. The molecule has 1 heterocycles. The van der Waals surface area contributed by atoms with Crippen molar-refractivity contribution in [1.29, 1.82) is 0 Å². The lowest BCUT2D eigenvalue weighted by Gasteiger charge is -2.31. The molecule has 1 aliphatic heterocycles. The van der Waals surface area contributed by atoms with Gasteiger partial charge in [0.05, 0.1) is 13.2 Å². The number of morpholine rings is 1. The van der Waals surface area contributed by atoms with E-state index in [1.165, 1.54) is 12.1 Å². The second kappa shape index (κ2) is 4.80. The molecule has 88 valence electrons. The van der Waals surface area contributed by atoms with Gasteiger partial charge < -0.3 is 15.4 Å². The number of hydrogen-bond donors (Lipinski definition) is 1. The van der Waals surface area contributed by atoms with Gasteiger partial charge in [-0.05, 0) is 30.7 Å². The van der Waals surface area contributed by atoms with Crippen molar-refractivity contribution in [3.8, 4) is 0 Å². The fourth-order valence-corrected chi connectivity index (χ4v) is 1.98. The van der Waals surface area contributed by atoms with Crippen LogP contribution in [0.5, 0.6) is 0 Å². The molecule has 4 heteroatoms. The first-order valence-electron chi connectivity index (χ1n) is 5.56. The van der Waals surface area contributed by atoms with Gasteiger partial charge in [-0.2, -0.15) is 0 Å². The number of anilines is 1. The first-order chi connectivity index (χ1) is 7.68. The summed E-state index contributed by atoms with van der Waals surface area (Å²) in [6.45, 7) is 4.99. The molecular formula is C12H17FN2O. The molecule has 0 aliphatic carbocycles. The third-order valence-corrected chi connectivity index (χ3v) is 2.83. The molecule has 0 radical (unpaired) electrons. The van der Waals surface area contributed by atoms with Crippen LogP contribution in [-0.4, -0.2) is 26.3 Å². The van der Waals surface area contributed by atoms with E-state index < -0.39 is 0 Å². The van der Waals surface area contributed by atoms with Crippen molar-refractivity contribution in [3.05, 3.63) is 29.6 Å². The predicted octanol–water partition coefficient (Wildman–Crippen LogP) is 1.68. The van der Waals surface area contributed by atoms with Crippen LogP contribution in [0.4, 0.5) is 10.1 Å². The summed E-state index contributed by atoms with van der Waals surface area (Å²) in [5, 5.41) is 0. The molecule has 1 aliphatic rings. The van der Waals surface area contributed by atoms with Crippen molar-refractivity contribution in [3.63, 3.8) is 0 Å². The third kappa shape index (κ3) is 2.33. The van der Waals surface area contributed by atoms with Crippen molar-refractivity contribution in [2.45, 2.75) is 13.0 Å². The summed E-state index contributed by atoms with van der Waals surface area (Å²) in [7, 11) is 0. The minimum Gasteiger partial charge on any atom is -0.378 e. The van der Waals surface area contributed by atoms with Crippen LogP contribution in [0.15, 0.2) is 18.2 Å². The van der Waals surface area contributed by atoms with Gasteiger partial charge in [0.15, 0.2) is 0 Å². The van der Waals surface area contributed by atoms with Gasteiger partial charge in [0.1, 0.15) is 5.82 Å². The Morgan fingerprint density at radius 3 is 2.69 bits per heavy atom. The molecule has 1 aromatic rings. The van der Waals surface area contributed by atoms with Crippen molar-refractivity contribution < 1.29 is 9.13 Å². The molecule has 0 aromatic heterocycles. The molecule has 1 saturated heterocycles. The largest absolute Gasteiger partial charge is 0.378 e. The summed E-state index contributed by atoms with van der Waals surface area (Å²) in [4.78, 5) is 2.20.